The molecule has 0 unspecified atom stereocenters. The second-order valence-electron chi connectivity index (χ2n) is 7.31. The highest BCUT2D eigenvalue weighted by molar-refractivity contribution is 7.14. The van der Waals surface area contributed by atoms with Crippen LogP contribution in [-0.2, 0) is 11.3 Å². The summed E-state index contributed by atoms with van der Waals surface area (Å²) in [5, 5.41) is 4.13. The molecule has 0 saturated carbocycles. The number of hydrogen-bond donors (Lipinski definition) is 0. The predicted molar refractivity (Wildman–Crippen MR) is 129 cm³/mol. The topological polar surface area (TPSA) is 9.23 Å². The Morgan fingerprint density at radius 2 is 0.933 bits per heavy atom. The van der Waals surface area contributed by atoms with Gasteiger partial charge in [0, 0.05) is 0 Å². The summed E-state index contributed by atoms with van der Waals surface area (Å²) in [4.78, 5) is 0. The SMILES string of the molecule is C(=C/[Si](c1ccccc1)(c1ccccc1)c1ccccc1)/COCc1ccccc1. The molecule has 4 aromatic rings. The van der Waals surface area contributed by atoms with Crippen molar-refractivity contribution in [3.63, 3.8) is 0 Å². The van der Waals surface area contributed by atoms with Crippen molar-refractivity contribution in [3.8, 4) is 0 Å². The van der Waals surface area contributed by atoms with Crippen LogP contribution in [0.3, 0.4) is 0 Å². The van der Waals surface area contributed by atoms with Gasteiger partial charge in [-0.15, -0.1) is 0 Å². The van der Waals surface area contributed by atoms with E-state index in [4.69, 9.17) is 4.74 Å². The van der Waals surface area contributed by atoms with Crippen LogP contribution < -0.4 is 15.6 Å². The van der Waals surface area contributed by atoms with Gasteiger partial charge in [-0.3, -0.25) is 0 Å². The number of rotatable bonds is 8. The highest BCUT2D eigenvalue weighted by atomic mass is 28.3. The molecule has 0 aromatic heterocycles. The van der Waals surface area contributed by atoms with Crippen LogP contribution in [0.1, 0.15) is 5.56 Å². The van der Waals surface area contributed by atoms with E-state index in [1.807, 2.05) is 18.2 Å². The van der Waals surface area contributed by atoms with Crippen molar-refractivity contribution in [2.75, 3.05) is 6.61 Å². The van der Waals surface area contributed by atoms with Crippen LogP contribution in [0.25, 0.3) is 0 Å². The second kappa shape index (κ2) is 10.0. The molecule has 4 rings (SSSR count). The van der Waals surface area contributed by atoms with Gasteiger partial charge in [0.05, 0.1) is 13.2 Å². The lowest BCUT2D eigenvalue weighted by molar-refractivity contribution is 0.149. The van der Waals surface area contributed by atoms with Crippen molar-refractivity contribution in [3.05, 3.63) is 139 Å². The zero-order valence-electron chi connectivity index (χ0n) is 17.0. The van der Waals surface area contributed by atoms with Gasteiger partial charge >= 0.3 is 0 Å². The van der Waals surface area contributed by atoms with Crippen molar-refractivity contribution >= 4 is 23.6 Å². The van der Waals surface area contributed by atoms with E-state index in [0.29, 0.717) is 13.2 Å². The van der Waals surface area contributed by atoms with Crippen LogP contribution in [0.5, 0.6) is 0 Å². The van der Waals surface area contributed by atoms with E-state index in [9.17, 15) is 0 Å². The number of hydrogen-bond acceptors (Lipinski definition) is 1. The standard InChI is InChI=1S/C28H26OSi/c1-5-14-25(15-6-1)24-29-22-13-23-30(26-16-7-2-8-17-26,27-18-9-3-10-19-27)28-20-11-4-12-21-28/h1-21,23H,22,24H2/b23-13-. The Morgan fingerprint density at radius 1 is 0.533 bits per heavy atom. The Labute approximate surface area is 180 Å². The predicted octanol–water partition coefficient (Wildman–Crippen LogP) is 4.47. The smallest absolute Gasteiger partial charge is 0.172 e. The monoisotopic (exact) mass is 406 g/mol. The molecular weight excluding hydrogens is 380 g/mol. The van der Waals surface area contributed by atoms with Crippen LogP contribution in [-0.4, -0.2) is 14.7 Å². The third-order valence-electron chi connectivity index (χ3n) is 5.38. The zero-order valence-corrected chi connectivity index (χ0v) is 18.0. The molecule has 2 heteroatoms. The molecule has 0 bridgehead atoms. The van der Waals surface area contributed by atoms with Gasteiger partial charge in [0.15, 0.2) is 8.07 Å². The minimum absolute atomic E-state index is 0.593. The third-order valence-corrected chi connectivity index (χ3v) is 9.85. The minimum atomic E-state index is -2.31. The van der Waals surface area contributed by atoms with Crippen LogP contribution in [0, 0.1) is 0 Å². The molecule has 148 valence electrons. The first-order chi connectivity index (χ1) is 14.9. The highest BCUT2D eigenvalue weighted by Crippen LogP contribution is 2.10. The average molecular weight is 407 g/mol. The normalized spacial score (nSPS) is 11.6. The Bertz CT molecular complexity index is 948. The van der Waals surface area contributed by atoms with Crippen LogP contribution >= 0.6 is 0 Å². The van der Waals surface area contributed by atoms with E-state index >= 15 is 0 Å². The van der Waals surface area contributed by atoms with Gasteiger partial charge in [0.25, 0.3) is 0 Å². The fraction of sp³-hybridized carbons (Fsp3) is 0.0714. The first kappa shape index (κ1) is 20.1. The molecule has 30 heavy (non-hydrogen) atoms. The van der Waals surface area contributed by atoms with Gasteiger partial charge in [-0.05, 0) is 21.1 Å². The van der Waals surface area contributed by atoms with Gasteiger partial charge in [0.2, 0.25) is 0 Å². The maximum absolute atomic E-state index is 5.96. The summed E-state index contributed by atoms with van der Waals surface area (Å²) < 4.78 is 5.96. The lowest BCUT2D eigenvalue weighted by atomic mass is 10.2. The number of ether oxygens (including phenoxy) is 1. The zero-order chi connectivity index (χ0) is 20.5. The minimum Gasteiger partial charge on any atom is -0.373 e. The molecule has 0 aliphatic carbocycles. The van der Waals surface area contributed by atoms with Crippen molar-refractivity contribution < 1.29 is 4.74 Å². The molecule has 0 atom stereocenters. The molecule has 0 saturated heterocycles. The molecule has 0 radical (unpaired) electrons. The van der Waals surface area contributed by atoms with Crippen molar-refractivity contribution in [2.24, 2.45) is 0 Å². The summed E-state index contributed by atoms with van der Waals surface area (Å²) >= 11 is 0. The molecule has 0 N–H and O–H groups in total. The van der Waals surface area contributed by atoms with E-state index < -0.39 is 8.07 Å². The molecular formula is C28H26OSi. The van der Waals surface area contributed by atoms with Crippen LogP contribution in [0.4, 0.5) is 0 Å². The molecule has 1 nitrogen and oxygen atoms in total. The number of benzene rings is 4. The molecule has 0 spiro atoms. The maximum atomic E-state index is 5.96. The first-order valence-corrected chi connectivity index (χ1v) is 12.4. The summed E-state index contributed by atoms with van der Waals surface area (Å²) in [6.45, 7) is 1.22. The Hall–Kier alpha value is -3.20. The second-order valence-corrected chi connectivity index (χ2v) is 11.0. The largest absolute Gasteiger partial charge is 0.373 e. The van der Waals surface area contributed by atoms with Gasteiger partial charge in [-0.25, -0.2) is 0 Å². The molecule has 0 heterocycles. The molecule has 0 aliphatic heterocycles. The van der Waals surface area contributed by atoms with Crippen LogP contribution in [0.15, 0.2) is 133 Å². The highest BCUT2D eigenvalue weighted by Gasteiger charge is 2.36. The van der Waals surface area contributed by atoms with Crippen molar-refractivity contribution in [1.82, 2.24) is 0 Å². The van der Waals surface area contributed by atoms with Gasteiger partial charge in [0.1, 0.15) is 0 Å². The Morgan fingerprint density at radius 3 is 1.37 bits per heavy atom. The van der Waals surface area contributed by atoms with E-state index in [0.717, 1.165) is 0 Å². The lowest BCUT2D eigenvalue weighted by Crippen LogP contribution is -2.66. The average Bonchev–Trinajstić information content (AvgIpc) is 2.84. The molecule has 0 aliphatic rings. The van der Waals surface area contributed by atoms with Crippen LogP contribution in [0.2, 0.25) is 0 Å². The van der Waals surface area contributed by atoms with Gasteiger partial charge in [-0.2, -0.15) is 0 Å². The Balaban J connectivity index is 1.69. The maximum Gasteiger partial charge on any atom is 0.172 e. The third kappa shape index (κ3) is 4.51. The summed E-state index contributed by atoms with van der Waals surface area (Å²) in [5.41, 5.74) is 3.63. The fourth-order valence-corrected chi connectivity index (χ4v) is 8.12. The summed E-state index contributed by atoms with van der Waals surface area (Å²) in [5.74, 6) is 0. The van der Waals surface area contributed by atoms with Gasteiger partial charge in [-0.1, -0.05) is 133 Å². The van der Waals surface area contributed by atoms with E-state index in [2.05, 4.69) is 115 Å². The summed E-state index contributed by atoms with van der Waals surface area (Å²) in [6.07, 6.45) is 2.21. The summed E-state index contributed by atoms with van der Waals surface area (Å²) in [6, 6.07) is 43.0. The van der Waals surface area contributed by atoms with Gasteiger partial charge < -0.3 is 4.74 Å². The Kier molecular flexibility index (Phi) is 6.71. The summed E-state index contributed by atoms with van der Waals surface area (Å²) in [7, 11) is -2.31. The fourth-order valence-electron chi connectivity index (χ4n) is 3.94. The van der Waals surface area contributed by atoms with E-state index in [-0.39, 0.29) is 0 Å². The van der Waals surface area contributed by atoms with E-state index in [1.54, 1.807) is 0 Å². The molecule has 0 amide bonds. The van der Waals surface area contributed by atoms with Crippen molar-refractivity contribution in [2.45, 2.75) is 6.61 Å². The van der Waals surface area contributed by atoms with E-state index in [1.165, 1.54) is 21.1 Å². The first-order valence-electron chi connectivity index (χ1n) is 10.4. The molecule has 0 fully saturated rings. The lowest BCUT2D eigenvalue weighted by Gasteiger charge is -2.30. The quantitative estimate of drug-likeness (QED) is 0.238. The van der Waals surface area contributed by atoms with Crippen molar-refractivity contribution in [1.29, 1.82) is 0 Å². The molecule has 4 aromatic carbocycles.